The highest BCUT2D eigenvalue weighted by atomic mass is 16.3. The van der Waals surface area contributed by atoms with E-state index in [0.29, 0.717) is 13.0 Å². The van der Waals surface area contributed by atoms with Gasteiger partial charge >= 0.3 is 0 Å². The van der Waals surface area contributed by atoms with Crippen LogP contribution in [0.2, 0.25) is 0 Å². The Hall–Kier alpha value is -2.32. The molecule has 0 bridgehead atoms. The highest BCUT2D eigenvalue weighted by Gasteiger charge is 2.05. The van der Waals surface area contributed by atoms with E-state index in [9.17, 15) is 5.11 Å². The maximum atomic E-state index is 9.65. The molecule has 0 aliphatic carbocycles. The third-order valence-corrected chi connectivity index (χ3v) is 2.93. The Balaban J connectivity index is 2.15. The molecule has 0 saturated carbocycles. The fraction of sp³-hybridized carbons (Fsp3) is 0.286. The van der Waals surface area contributed by atoms with Crippen molar-refractivity contribution < 1.29 is 10.2 Å². The monoisotopic (exact) mass is 257 g/mol. The summed E-state index contributed by atoms with van der Waals surface area (Å²) in [5.41, 5.74) is 2.22. The Labute approximate surface area is 111 Å². The van der Waals surface area contributed by atoms with Crippen LogP contribution in [0.25, 0.3) is 0 Å². The molecule has 5 nitrogen and oxygen atoms in total. The predicted octanol–water partition coefficient (Wildman–Crippen LogP) is 1.43. The molecule has 1 heterocycles. The van der Waals surface area contributed by atoms with Crippen LogP contribution < -0.4 is 0 Å². The van der Waals surface area contributed by atoms with E-state index >= 15 is 0 Å². The van der Waals surface area contributed by atoms with E-state index in [1.54, 1.807) is 24.7 Å². The molecule has 0 fully saturated rings. The van der Waals surface area contributed by atoms with Crippen LogP contribution in [0, 0.1) is 11.3 Å². The summed E-state index contributed by atoms with van der Waals surface area (Å²) in [4.78, 5) is 4.09. The highest BCUT2D eigenvalue weighted by molar-refractivity contribution is 5.44. The summed E-state index contributed by atoms with van der Waals surface area (Å²) in [5, 5.41) is 27.3. The van der Waals surface area contributed by atoms with Crippen molar-refractivity contribution in [2.45, 2.75) is 19.4 Å². The Kier molecular flexibility index (Phi) is 4.16. The summed E-state index contributed by atoms with van der Waals surface area (Å²) in [7, 11) is 0. The largest absolute Gasteiger partial charge is 0.507 e. The van der Waals surface area contributed by atoms with E-state index in [4.69, 9.17) is 10.4 Å². The number of hydrogen-bond acceptors (Lipinski definition) is 4. The molecule has 1 aromatic heterocycles. The molecular weight excluding hydrogens is 242 g/mol. The maximum Gasteiger partial charge on any atom is 0.133 e. The third-order valence-electron chi connectivity index (χ3n) is 2.93. The standard InChI is InChI=1S/C14H15N3O2/c15-7-12-4-3-11(6-14(12)19)9-17-10-16-8-13(17)2-1-5-18/h3-4,6,8,10,18-19H,1-2,5,9H2. The first-order valence-electron chi connectivity index (χ1n) is 6.06. The SMILES string of the molecule is N#Cc1ccc(Cn2cncc2CCCO)cc1O. The van der Waals surface area contributed by atoms with Gasteiger partial charge in [0.25, 0.3) is 0 Å². The number of aliphatic hydroxyl groups excluding tert-OH is 1. The minimum Gasteiger partial charge on any atom is -0.507 e. The molecule has 5 heteroatoms. The van der Waals surface area contributed by atoms with Crippen molar-refractivity contribution in [3.8, 4) is 11.8 Å². The first-order valence-corrected chi connectivity index (χ1v) is 6.06. The lowest BCUT2D eigenvalue weighted by molar-refractivity contribution is 0.287. The van der Waals surface area contributed by atoms with Gasteiger partial charge in [-0.3, -0.25) is 0 Å². The zero-order chi connectivity index (χ0) is 13.7. The molecule has 0 unspecified atom stereocenters. The van der Waals surface area contributed by atoms with Crippen LogP contribution in [0.1, 0.15) is 23.2 Å². The molecule has 0 aliphatic heterocycles. The second-order valence-electron chi connectivity index (χ2n) is 4.30. The summed E-state index contributed by atoms with van der Waals surface area (Å²) >= 11 is 0. The van der Waals surface area contributed by atoms with Crippen LogP contribution in [0.3, 0.4) is 0 Å². The summed E-state index contributed by atoms with van der Waals surface area (Å²) in [6.45, 7) is 0.739. The topological polar surface area (TPSA) is 82.1 Å². The predicted molar refractivity (Wildman–Crippen MR) is 69.6 cm³/mol. The number of aromatic hydroxyl groups is 1. The van der Waals surface area contributed by atoms with Crippen molar-refractivity contribution >= 4 is 0 Å². The van der Waals surface area contributed by atoms with Crippen molar-refractivity contribution in [2.24, 2.45) is 0 Å². The van der Waals surface area contributed by atoms with E-state index in [-0.39, 0.29) is 17.9 Å². The normalized spacial score (nSPS) is 10.3. The molecule has 0 aliphatic rings. The second kappa shape index (κ2) is 6.03. The maximum absolute atomic E-state index is 9.65. The quantitative estimate of drug-likeness (QED) is 0.849. The van der Waals surface area contributed by atoms with E-state index in [0.717, 1.165) is 17.7 Å². The Bertz CT molecular complexity index is 599. The smallest absolute Gasteiger partial charge is 0.133 e. The number of nitriles is 1. The third kappa shape index (κ3) is 3.12. The van der Waals surface area contributed by atoms with Gasteiger partial charge in [0.2, 0.25) is 0 Å². The molecule has 2 N–H and O–H groups in total. The van der Waals surface area contributed by atoms with Gasteiger partial charge in [-0.1, -0.05) is 6.07 Å². The molecule has 0 atom stereocenters. The number of phenols is 1. The lowest BCUT2D eigenvalue weighted by atomic mass is 10.1. The lowest BCUT2D eigenvalue weighted by Gasteiger charge is -2.08. The first-order chi connectivity index (χ1) is 9.24. The number of aromatic nitrogens is 2. The van der Waals surface area contributed by atoms with Gasteiger partial charge in [0.1, 0.15) is 11.8 Å². The second-order valence-corrected chi connectivity index (χ2v) is 4.30. The van der Waals surface area contributed by atoms with Crippen molar-refractivity contribution in [1.82, 2.24) is 9.55 Å². The van der Waals surface area contributed by atoms with Crippen molar-refractivity contribution in [1.29, 1.82) is 5.26 Å². The van der Waals surface area contributed by atoms with Crippen molar-refractivity contribution in [3.05, 3.63) is 47.5 Å². The van der Waals surface area contributed by atoms with Crippen LogP contribution in [0.5, 0.6) is 5.75 Å². The Morgan fingerprint density at radius 3 is 2.89 bits per heavy atom. The fourth-order valence-corrected chi connectivity index (χ4v) is 1.93. The van der Waals surface area contributed by atoms with E-state index in [1.165, 1.54) is 0 Å². The summed E-state index contributed by atoms with van der Waals surface area (Å²) in [5.74, 6) is -0.00276. The van der Waals surface area contributed by atoms with E-state index < -0.39 is 0 Å². The van der Waals surface area contributed by atoms with E-state index in [2.05, 4.69) is 4.98 Å². The molecule has 98 valence electrons. The van der Waals surface area contributed by atoms with Crippen LogP contribution in [-0.2, 0) is 13.0 Å². The van der Waals surface area contributed by atoms with Crippen LogP contribution >= 0.6 is 0 Å². The molecular formula is C14H15N3O2. The number of rotatable bonds is 5. The van der Waals surface area contributed by atoms with Gasteiger partial charge in [-0.25, -0.2) is 4.98 Å². The van der Waals surface area contributed by atoms with Gasteiger partial charge in [-0.2, -0.15) is 5.26 Å². The Morgan fingerprint density at radius 2 is 2.21 bits per heavy atom. The average Bonchev–Trinajstić information content (AvgIpc) is 2.84. The molecule has 0 saturated heterocycles. The summed E-state index contributed by atoms with van der Waals surface area (Å²) in [6, 6.07) is 6.94. The number of benzene rings is 1. The average molecular weight is 257 g/mol. The Morgan fingerprint density at radius 1 is 1.37 bits per heavy atom. The number of imidazole rings is 1. The van der Waals surface area contributed by atoms with Crippen molar-refractivity contribution in [3.63, 3.8) is 0 Å². The van der Waals surface area contributed by atoms with Crippen LogP contribution in [0.15, 0.2) is 30.7 Å². The first kappa shape index (κ1) is 13.1. The van der Waals surface area contributed by atoms with Gasteiger partial charge in [-0.15, -0.1) is 0 Å². The molecule has 0 amide bonds. The number of aliphatic hydroxyl groups is 1. The zero-order valence-electron chi connectivity index (χ0n) is 10.5. The molecule has 19 heavy (non-hydrogen) atoms. The molecule has 0 radical (unpaired) electrons. The fourth-order valence-electron chi connectivity index (χ4n) is 1.93. The van der Waals surface area contributed by atoms with Crippen LogP contribution in [0.4, 0.5) is 0 Å². The minimum absolute atomic E-state index is 0.00276. The zero-order valence-corrected chi connectivity index (χ0v) is 10.5. The molecule has 2 rings (SSSR count). The van der Waals surface area contributed by atoms with Gasteiger partial charge in [0, 0.05) is 25.0 Å². The van der Waals surface area contributed by atoms with E-state index in [1.807, 2.05) is 16.7 Å². The van der Waals surface area contributed by atoms with Gasteiger partial charge in [0.05, 0.1) is 11.9 Å². The van der Waals surface area contributed by atoms with Crippen molar-refractivity contribution in [2.75, 3.05) is 6.61 Å². The minimum atomic E-state index is -0.00276. The number of aryl methyl sites for hydroxylation is 1. The van der Waals surface area contributed by atoms with Gasteiger partial charge in [0.15, 0.2) is 0 Å². The van der Waals surface area contributed by atoms with Gasteiger partial charge in [-0.05, 0) is 30.5 Å². The highest BCUT2D eigenvalue weighted by Crippen LogP contribution is 2.19. The van der Waals surface area contributed by atoms with Gasteiger partial charge < -0.3 is 14.8 Å². The number of hydrogen-bond donors (Lipinski definition) is 2. The number of nitrogens with zero attached hydrogens (tertiary/aromatic N) is 3. The van der Waals surface area contributed by atoms with Crippen LogP contribution in [-0.4, -0.2) is 26.4 Å². The molecule has 1 aromatic carbocycles. The summed E-state index contributed by atoms with van der Waals surface area (Å²) in [6.07, 6.45) is 4.96. The molecule has 0 spiro atoms. The number of phenolic OH excluding ortho intramolecular Hbond substituents is 1. The lowest BCUT2D eigenvalue weighted by Crippen LogP contribution is -2.04. The summed E-state index contributed by atoms with van der Waals surface area (Å²) < 4.78 is 1.97. The molecule has 2 aromatic rings.